The zero-order valence-corrected chi connectivity index (χ0v) is 10.8. The van der Waals surface area contributed by atoms with Crippen molar-refractivity contribution in [3.05, 3.63) is 33.9 Å². The van der Waals surface area contributed by atoms with E-state index in [4.69, 9.17) is 4.52 Å². The average Bonchev–Trinajstić information content (AvgIpc) is 2.82. The molecule has 0 fully saturated rings. The second-order valence-electron chi connectivity index (χ2n) is 3.55. The third-order valence-electron chi connectivity index (χ3n) is 2.34. The minimum Gasteiger partial charge on any atom is -0.360 e. The maximum Gasteiger partial charge on any atom is 0.150 e. The number of nitrogens with zero attached hydrogens (tertiary/aromatic N) is 3. The molecule has 86 valence electrons. The first-order valence-corrected chi connectivity index (χ1v) is 5.76. The van der Waals surface area contributed by atoms with Gasteiger partial charge in [-0.2, -0.15) is 5.10 Å². The summed E-state index contributed by atoms with van der Waals surface area (Å²) in [7, 11) is 1.93. The fourth-order valence-corrected chi connectivity index (χ4v) is 1.99. The molecule has 0 atom stereocenters. The van der Waals surface area contributed by atoms with E-state index in [1.165, 1.54) is 0 Å². The summed E-state index contributed by atoms with van der Waals surface area (Å²) in [5.74, 6) is 0.829. The Labute approximate surface area is 102 Å². The van der Waals surface area contributed by atoms with Crippen molar-refractivity contribution in [3.8, 4) is 0 Å². The SMILES string of the molecule is Cc1nn(C)c(CNCc2ccno2)c1Br. The Balaban J connectivity index is 1.95. The lowest BCUT2D eigenvalue weighted by atomic mass is 10.3. The van der Waals surface area contributed by atoms with Crippen molar-refractivity contribution in [2.45, 2.75) is 20.0 Å². The summed E-state index contributed by atoms with van der Waals surface area (Å²) in [5.41, 5.74) is 2.12. The standard InChI is InChI=1S/C10H13BrN4O/c1-7-10(11)9(15(2)14-7)6-12-5-8-3-4-13-16-8/h3-4,12H,5-6H2,1-2H3. The summed E-state index contributed by atoms with van der Waals surface area (Å²) >= 11 is 3.52. The molecular weight excluding hydrogens is 272 g/mol. The number of hydrogen-bond acceptors (Lipinski definition) is 4. The molecule has 0 saturated carbocycles. The first-order chi connectivity index (χ1) is 7.68. The molecule has 0 aliphatic rings. The van der Waals surface area contributed by atoms with Gasteiger partial charge in [0.1, 0.15) is 5.76 Å². The van der Waals surface area contributed by atoms with E-state index in [0.29, 0.717) is 6.54 Å². The Morgan fingerprint density at radius 2 is 2.31 bits per heavy atom. The van der Waals surface area contributed by atoms with Crippen molar-refractivity contribution in [1.82, 2.24) is 20.3 Å². The molecule has 0 amide bonds. The lowest BCUT2D eigenvalue weighted by Crippen LogP contribution is -2.15. The van der Waals surface area contributed by atoms with Gasteiger partial charge in [-0.3, -0.25) is 4.68 Å². The van der Waals surface area contributed by atoms with Crippen LogP contribution in [0.3, 0.4) is 0 Å². The van der Waals surface area contributed by atoms with Gasteiger partial charge in [0, 0.05) is 19.7 Å². The van der Waals surface area contributed by atoms with Crippen molar-refractivity contribution in [2.75, 3.05) is 0 Å². The Hall–Kier alpha value is -1.14. The van der Waals surface area contributed by atoms with Crippen LogP contribution in [0.4, 0.5) is 0 Å². The maximum atomic E-state index is 4.99. The van der Waals surface area contributed by atoms with Gasteiger partial charge >= 0.3 is 0 Å². The van der Waals surface area contributed by atoms with Gasteiger partial charge < -0.3 is 9.84 Å². The number of nitrogens with one attached hydrogen (secondary N) is 1. The number of rotatable bonds is 4. The molecule has 0 aromatic carbocycles. The van der Waals surface area contributed by atoms with Crippen molar-refractivity contribution in [1.29, 1.82) is 0 Å². The summed E-state index contributed by atoms with van der Waals surface area (Å²) in [5, 5.41) is 11.2. The molecular formula is C10H13BrN4O. The molecule has 0 bridgehead atoms. The Morgan fingerprint density at radius 3 is 2.88 bits per heavy atom. The first kappa shape index (κ1) is 11.3. The van der Waals surface area contributed by atoms with Crippen LogP contribution in [0.25, 0.3) is 0 Å². The van der Waals surface area contributed by atoms with Crippen molar-refractivity contribution < 1.29 is 4.52 Å². The van der Waals surface area contributed by atoms with Crippen LogP contribution in [-0.4, -0.2) is 14.9 Å². The lowest BCUT2D eigenvalue weighted by molar-refractivity contribution is 0.372. The molecule has 5 nitrogen and oxygen atoms in total. The molecule has 0 radical (unpaired) electrons. The molecule has 0 spiro atoms. The minimum atomic E-state index is 0.663. The topological polar surface area (TPSA) is 55.9 Å². The molecule has 16 heavy (non-hydrogen) atoms. The highest BCUT2D eigenvalue weighted by Gasteiger charge is 2.09. The monoisotopic (exact) mass is 284 g/mol. The molecule has 2 heterocycles. The molecule has 2 rings (SSSR count). The number of halogens is 1. The normalized spacial score (nSPS) is 10.9. The molecule has 0 aliphatic heterocycles. The van der Waals surface area contributed by atoms with Gasteiger partial charge in [-0.1, -0.05) is 5.16 Å². The quantitative estimate of drug-likeness (QED) is 0.930. The highest BCUT2D eigenvalue weighted by atomic mass is 79.9. The largest absolute Gasteiger partial charge is 0.360 e. The highest BCUT2D eigenvalue weighted by Crippen LogP contribution is 2.19. The summed E-state index contributed by atoms with van der Waals surface area (Å²) < 4.78 is 7.91. The van der Waals surface area contributed by atoms with Crippen molar-refractivity contribution >= 4 is 15.9 Å². The van der Waals surface area contributed by atoms with Gasteiger partial charge in [0.15, 0.2) is 0 Å². The van der Waals surface area contributed by atoms with Crippen LogP contribution in [0.2, 0.25) is 0 Å². The van der Waals surface area contributed by atoms with Crippen molar-refractivity contribution in [3.63, 3.8) is 0 Å². The number of hydrogen-bond donors (Lipinski definition) is 1. The Morgan fingerprint density at radius 1 is 1.50 bits per heavy atom. The molecule has 2 aromatic rings. The molecule has 1 N–H and O–H groups in total. The van der Waals surface area contributed by atoms with Crippen LogP contribution >= 0.6 is 15.9 Å². The zero-order chi connectivity index (χ0) is 11.5. The van der Waals surface area contributed by atoms with Crippen molar-refractivity contribution in [2.24, 2.45) is 7.05 Å². The molecule has 0 saturated heterocycles. The Kier molecular flexibility index (Phi) is 3.40. The van der Waals surface area contributed by atoms with E-state index in [0.717, 1.165) is 28.2 Å². The third kappa shape index (κ3) is 2.33. The summed E-state index contributed by atoms with van der Waals surface area (Å²) in [4.78, 5) is 0. The van der Waals surface area contributed by atoms with Gasteiger partial charge in [-0.15, -0.1) is 0 Å². The highest BCUT2D eigenvalue weighted by molar-refractivity contribution is 9.10. The van der Waals surface area contributed by atoms with E-state index in [9.17, 15) is 0 Å². The summed E-state index contributed by atoms with van der Waals surface area (Å²) in [6, 6.07) is 1.84. The van der Waals surface area contributed by atoms with Crippen LogP contribution in [0.1, 0.15) is 17.1 Å². The van der Waals surface area contributed by atoms with E-state index in [1.807, 2.05) is 24.7 Å². The van der Waals surface area contributed by atoms with Gasteiger partial charge in [0.2, 0.25) is 0 Å². The average molecular weight is 285 g/mol. The van der Waals surface area contributed by atoms with Gasteiger partial charge in [0.05, 0.1) is 28.6 Å². The van der Waals surface area contributed by atoms with Crippen LogP contribution in [-0.2, 0) is 20.1 Å². The fourth-order valence-electron chi connectivity index (χ4n) is 1.51. The zero-order valence-electron chi connectivity index (χ0n) is 9.20. The minimum absolute atomic E-state index is 0.663. The summed E-state index contributed by atoms with van der Waals surface area (Å²) in [6.07, 6.45) is 1.64. The van der Waals surface area contributed by atoms with Gasteiger partial charge in [0.25, 0.3) is 0 Å². The van der Waals surface area contributed by atoms with E-state index in [2.05, 4.69) is 31.5 Å². The number of aryl methyl sites for hydroxylation is 2. The van der Waals surface area contributed by atoms with E-state index >= 15 is 0 Å². The van der Waals surface area contributed by atoms with Crippen LogP contribution in [0.5, 0.6) is 0 Å². The van der Waals surface area contributed by atoms with Gasteiger partial charge in [-0.25, -0.2) is 0 Å². The Bertz CT molecular complexity index is 463. The first-order valence-electron chi connectivity index (χ1n) is 4.96. The van der Waals surface area contributed by atoms with Gasteiger partial charge in [-0.05, 0) is 22.9 Å². The predicted molar refractivity (Wildman–Crippen MR) is 62.7 cm³/mol. The molecule has 2 aromatic heterocycles. The second kappa shape index (κ2) is 4.80. The van der Waals surface area contributed by atoms with E-state index in [-0.39, 0.29) is 0 Å². The second-order valence-corrected chi connectivity index (χ2v) is 4.34. The molecule has 0 unspecified atom stereocenters. The summed E-state index contributed by atoms with van der Waals surface area (Å²) in [6.45, 7) is 3.37. The number of aromatic nitrogens is 3. The maximum absolute atomic E-state index is 4.99. The lowest BCUT2D eigenvalue weighted by Gasteiger charge is -2.03. The predicted octanol–water partition coefficient (Wildman–Crippen LogP) is 1.77. The fraction of sp³-hybridized carbons (Fsp3) is 0.400. The van der Waals surface area contributed by atoms with E-state index < -0.39 is 0 Å². The third-order valence-corrected chi connectivity index (χ3v) is 3.38. The van der Waals surface area contributed by atoms with E-state index in [1.54, 1.807) is 6.20 Å². The van der Waals surface area contributed by atoms with Crippen LogP contribution in [0.15, 0.2) is 21.3 Å². The molecule has 6 heteroatoms. The smallest absolute Gasteiger partial charge is 0.150 e. The molecule has 0 aliphatic carbocycles. The van der Waals surface area contributed by atoms with Crippen LogP contribution < -0.4 is 5.32 Å². The van der Waals surface area contributed by atoms with Crippen LogP contribution in [0, 0.1) is 6.92 Å².